The third-order valence-electron chi connectivity index (χ3n) is 4.78. The van der Waals surface area contributed by atoms with Crippen LogP contribution >= 0.6 is 0 Å². The van der Waals surface area contributed by atoms with E-state index in [0.717, 1.165) is 5.56 Å². The van der Waals surface area contributed by atoms with Gasteiger partial charge in [-0.2, -0.15) is 0 Å². The number of nitrogens with zero attached hydrogens (tertiary/aromatic N) is 4. The molecule has 1 amide bonds. The second-order valence-electron chi connectivity index (χ2n) is 6.68. The van der Waals surface area contributed by atoms with Gasteiger partial charge < -0.3 is 26.0 Å². The minimum absolute atomic E-state index is 0.164. The van der Waals surface area contributed by atoms with Gasteiger partial charge in [-0.3, -0.25) is 9.36 Å². The summed E-state index contributed by atoms with van der Waals surface area (Å²) in [5.74, 6) is -0.740. The Balaban J connectivity index is 1.43. The van der Waals surface area contributed by atoms with Gasteiger partial charge in [0.15, 0.2) is 23.8 Å². The standard InChI is InChI=1S/C18H19FN6O4/c19-10-3-1-9(2-4-10)5-6-21-17(28)14-12(26)13(27)18(29-14)25-8-24-11-15(20)22-7-23-16(11)25/h1-4,7-8,12-14,18,26-27H,5-6H2,(H,21,28)(H2,20,22,23)/t12-,13+,14-,18+/m0/s1. The van der Waals surface area contributed by atoms with Gasteiger partial charge in [-0.15, -0.1) is 0 Å². The Morgan fingerprint density at radius 1 is 1.21 bits per heavy atom. The topological polar surface area (TPSA) is 148 Å². The third-order valence-corrected chi connectivity index (χ3v) is 4.78. The number of fused-ring (bicyclic) bond motifs is 1. The first-order valence-corrected chi connectivity index (χ1v) is 8.92. The van der Waals surface area contributed by atoms with Gasteiger partial charge in [-0.25, -0.2) is 19.3 Å². The van der Waals surface area contributed by atoms with Crippen molar-refractivity contribution in [3.05, 3.63) is 48.3 Å². The lowest BCUT2D eigenvalue weighted by molar-refractivity contribution is -0.137. The number of nitrogen functional groups attached to an aromatic ring is 1. The molecule has 0 aliphatic carbocycles. The van der Waals surface area contributed by atoms with Gasteiger partial charge >= 0.3 is 0 Å². The molecule has 2 aromatic heterocycles. The van der Waals surface area contributed by atoms with Crippen molar-refractivity contribution >= 4 is 22.9 Å². The fraction of sp³-hybridized carbons (Fsp3) is 0.333. The van der Waals surface area contributed by atoms with Crippen LogP contribution in [0.1, 0.15) is 11.8 Å². The lowest BCUT2D eigenvalue weighted by atomic mass is 10.1. The maximum Gasteiger partial charge on any atom is 0.252 e. The number of nitrogens with two attached hydrogens (primary N) is 1. The number of imidazole rings is 1. The third kappa shape index (κ3) is 3.62. The van der Waals surface area contributed by atoms with Crippen LogP contribution in [0.4, 0.5) is 10.2 Å². The van der Waals surface area contributed by atoms with Crippen molar-refractivity contribution in [1.29, 1.82) is 0 Å². The maximum atomic E-state index is 12.9. The smallest absolute Gasteiger partial charge is 0.252 e. The van der Waals surface area contributed by atoms with Crippen LogP contribution in [0, 0.1) is 5.82 Å². The molecule has 4 atom stereocenters. The van der Waals surface area contributed by atoms with Crippen LogP contribution < -0.4 is 11.1 Å². The first kappa shape index (κ1) is 19.2. The van der Waals surface area contributed by atoms with E-state index in [1.54, 1.807) is 12.1 Å². The van der Waals surface area contributed by atoms with Crippen molar-refractivity contribution < 1.29 is 24.1 Å². The fourth-order valence-electron chi connectivity index (χ4n) is 3.24. The Morgan fingerprint density at radius 2 is 1.97 bits per heavy atom. The molecule has 1 aromatic carbocycles. The van der Waals surface area contributed by atoms with Crippen LogP contribution in [0.25, 0.3) is 11.2 Å². The Morgan fingerprint density at radius 3 is 2.72 bits per heavy atom. The first-order chi connectivity index (χ1) is 14.0. The number of anilines is 1. The van der Waals surface area contributed by atoms with Crippen molar-refractivity contribution in [1.82, 2.24) is 24.8 Å². The van der Waals surface area contributed by atoms with E-state index in [4.69, 9.17) is 10.5 Å². The lowest BCUT2D eigenvalue weighted by Crippen LogP contribution is -2.43. The number of aliphatic hydroxyl groups is 2. The quantitative estimate of drug-likeness (QED) is 0.447. The number of hydrogen-bond donors (Lipinski definition) is 4. The largest absolute Gasteiger partial charge is 0.387 e. The highest BCUT2D eigenvalue weighted by Crippen LogP contribution is 2.32. The minimum atomic E-state index is -1.44. The van der Waals surface area contributed by atoms with Crippen molar-refractivity contribution in [2.45, 2.75) is 31.0 Å². The Labute approximate surface area is 164 Å². The zero-order chi connectivity index (χ0) is 20.5. The van der Waals surface area contributed by atoms with E-state index in [-0.39, 0.29) is 18.2 Å². The SMILES string of the molecule is Nc1ncnc2c1ncn2[C@@H]1O[C@H](C(=O)NCCc2ccc(F)cc2)[C@@H](O)[C@H]1O. The summed E-state index contributed by atoms with van der Waals surface area (Å²) in [6.45, 7) is 0.259. The van der Waals surface area contributed by atoms with Crippen molar-refractivity contribution in [3.63, 3.8) is 0 Å². The average molecular weight is 402 g/mol. The summed E-state index contributed by atoms with van der Waals surface area (Å²) >= 11 is 0. The molecule has 1 fully saturated rings. The zero-order valence-electron chi connectivity index (χ0n) is 15.1. The van der Waals surface area contributed by atoms with E-state index in [0.29, 0.717) is 17.6 Å². The van der Waals surface area contributed by atoms with Crippen LogP contribution in [0.2, 0.25) is 0 Å². The summed E-state index contributed by atoms with van der Waals surface area (Å²) in [5.41, 5.74) is 7.23. The summed E-state index contributed by atoms with van der Waals surface area (Å²) in [7, 11) is 0. The molecule has 1 aliphatic heterocycles. The number of carbonyl (C=O) groups excluding carboxylic acids is 1. The molecule has 4 rings (SSSR count). The normalized spacial score (nSPS) is 24.1. The molecule has 0 bridgehead atoms. The molecule has 0 radical (unpaired) electrons. The van der Waals surface area contributed by atoms with Crippen molar-refractivity contribution in [2.24, 2.45) is 0 Å². The number of nitrogens with one attached hydrogen (secondary N) is 1. The molecular weight excluding hydrogens is 383 g/mol. The highest BCUT2D eigenvalue weighted by atomic mass is 19.1. The molecule has 1 saturated heterocycles. The summed E-state index contributed by atoms with van der Waals surface area (Å²) in [5, 5.41) is 23.3. The number of rotatable bonds is 5. The Bertz CT molecular complexity index is 1030. The predicted molar refractivity (Wildman–Crippen MR) is 98.8 cm³/mol. The number of hydrogen-bond acceptors (Lipinski definition) is 8. The van der Waals surface area contributed by atoms with E-state index >= 15 is 0 Å². The van der Waals surface area contributed by atoms with E-state index in [2.05, 4.69) is 20.3 Å². The first-order valence-electron chi connectivity index (χ1n) is 8.92. The van der Waals surface area contributed by atoms with Gasteiger partial charge in [-0.1, -0.05) is 12.1 Å². The number of amides is 1. The van der Waals surface area contributed by atoms with Crippen LogP contribution in [-0.4, -0.2) is 60.5 Å². The van der Waals surface area contributed by atoms with Gasteiger partial charge in [0.05, 0.1) is 6.33 Å². The van der Waals surface area contributed by atoms with Crippen molar-refractivity contribution in [2.75, 3.05) is 12.3 Å². The van der Waals surface area contributed by atoms with Crippen LogP contribution in [0.5, 0.6) is 0 Å². The van der Waals surface area contributed by atoms with Gasteiger partial charge in [0.25, 0.3) is 5.91 Å². The van der Waals surface area contributed by atoms with Gasteiger partial charge in [0, 0.05) is 6.54 Å². The molecular formula is C18H19FN6O4. The van der Waals surface area contributed by atoms with Crippen molar-refractivity contribution in [3.8, 4) is 0 Å². The molecule has 3 heterocycles. The summed E-state index contributed by atoms with van der Waals surface area (Å²) in [6, 6.07) is 5.93. The number of halogens is 1. The molecule has 0 saturated carbocycles. The van der Waals surface area contributed by atoms with Crippen LogP contribution in [0.15, 0.2) is 36.9 Å². The Kier molecular flexibility index (Phi) is 5.09. The molecule has 5 N–H and O–H groups in total. The molecule has 0 unspecified atom stereocenters. The highest BCUT2D eigenvalue weighted by Gasteiger charge is 2.47. The van der Waals surface area contributed by atoms with Crippen LogP contribution in [-0.2, 0) is 16.0 Å². The molecule has 0 spiro atoms. The summed E-state index contributed by atoms with van der Waals surface area (Å²) in [4.78, 5) is 24.5. The van der Waals surface area contributed by atoms with Gasteiger partial charge in [0.2, 0.25) is 0 Å². The van der Waals surface area contributed by atoms with E-state index in [1.165, 1.54) is 29.4 Å². The second-order valence-corrected chi connectivity index (χ2v) is 6.68. The van der Waals surface area contributed by atoms with E-state index in [1.807, 2.05) is 0 Å². The lowest BCUT2D eigenvalue weighted by Gasteiger charge is -2.16. The number of ether oxygens (including phenoxy) is 1. The number of benzene rings is 1. The fourth-order valence-corrected chi connectivity index (χ4v) is 3.24. The number of carbonyl (C=O) groups is 1. The van der Waals surface area contributed by atoms with E-state index in [9.17, 15) is 19.4 Å². The predicted octanol–water partition coefficient (Wildman–Crippen LogP) is -0.474. The van der Waals surface area contributed by atoms with Gasteiger partial charge in [-0.05, 0) is 24.1 Å². The van der Waals surface area contributed by atoms with Gasteiger partial charge in [0.1, 0.15) is 29.9 Å². The maximum absolute atomic E-state index is 12.9. The van der Waals surface area contributed by atoms with E-state index < -0.39 is 30.4 Å². The molecule has 1 aliphatic rings. The highest BCUT2D eigenvalue weighted by molar-refractivity contribution is 5.82. The molecule has 10 nitrogen and oxygen atoms in total. The van der Waals surface area contributed by atoms with Crippen LogP contribution in [0.3, 0.4) is 0 Å². The minimum Gasteiger partial charge on any atom is -0.387 e. The summed E-state index contributed by atoms with van der Waals surface area (Å²) < 4.78 is 19.9. The molecule has 29 heavy (non-hydrogen) atoms. The monoisotopic (exact) mass is 402 g/mol. The molecule has 152 valence electrons. The molecule has 3 aromatic rings. The number of aliphatic hydroxyl groups excluding tert-OH is 2. The second kappa shape index (κ2) is 7.70. The Hall–Kier alpha value is -3.15. The summed E-state index contributed by atoms with van der Waals surface area (Å²) in [6.07, 6.45) is -2.10. The average Bonchev–Trinajstić information content (AvgIpc) is 3.26. The molecule has 11 heteroatoms. The zero-order valence-corrected chi connectivity index (χ0v) is 15.1. The number of aromatic nitrogens is 4.